The number of hydrogen-bond donors (Lipinski definition) is 0. The van der Waals surface area contributed by atoms with Gasteiger partial charge in [0.15, 0.2) is 6.10 Å². The molecule has 2 atom stereocenters. The first-order chi connectivity index (χ1) is 11.0. The molecule has 2 aliphatic rings. The summed E-state index contributed by atoms with van der Waals surface area (Å²) in [6, 6.07) is 6.13. The monoisotopic (exact) mass is 319 g/mol. The Hall–Kier alpha value is -2.74. The van der Waals surface area contributed by atoms with Crippen LogP contribution in [0.1, 0.15) is 27.1 Å². The smallest absolute Gasteiger partial charge is 0.362 e. The van der Waals surface area contributed by atoms with Gasteiger partial charge in [-0.15, -0.1) is 0 Å². The van der Waals surface area contributed by atoms with E-state index in [9.17, 15) is 19.2 Å². The number of ether oxygens (including phenoxy) is 2. The second-order valence-electron chi connectivity index (χ2n) is 5.07. The molecule has 0 radical (unpaired) electrons. The van der Waals surface area contributed by atoms with Gasteiger partial charge >= 0.3 is 11.9 Å². The molecule has 0 bridgehead atoms. The summed E-state index contributed by atoms with van der Waals surface area (Å²) in [6.45, 7) is 0.182. The molecule has 2 heterocycles. The Morgan fingerprint density at radius 1 is 1.13 bits per heavy atom. The Balaban J connectivity index is 1.75. The highest BCUT2D eigenvalue weighted by molar-refractivity contribution is 6.20. The van der Waals surface area contributed by atoms with Gasteiger partial charge in [0.2, 0.25) is 0 Å². The number of esters is 1. The van der Waals surface area contributed by atoms with Gasteiger partial charge in [0.1, 0.15) is 0 Å². The number of hydroxylamine groups is 2. The highest BCUT2D eigenvalue weighted by atomic mass is 16.7. The summed E-state index contributed by atoms with van der Waals surface area (Å²) in [5.41, 5.74) is 0.310. The largest absolute Gasteiger partial charge is 0.469 e. The third-order valence-corrected chi connectivity index (χ3v) is 3.77. The Labute approximate surface area is 130 Å². The first kappa shape index (κ1) is 15.2. The van der Waals surface area contributed by atoms with Crippen molar-refractivity contribution in [2.75, 3.05) is 13.7 Å². The maximum Gasteiger partial charge on any atom is 0.362 e. The molecular formula is C15H13NO7. The van der Waals surface area contributed by atoms with Crippen molar-refractivity contribution in [1.29, 1.82) is 0 Å². The van der Waals surface area contributed by atoms with Gasteiger partial charge < -0.3 is 14.3 Å². The van der Waals surface area contributed by atoms with Crippen LogP contribution in [0.3, 0.4) is 0 Å². The van der Waals surface area contributed by atoms with Gasteiger partial charge in [0, 0.05) is 6.61 Å². The number of amides is 2. The molecule has 2 aliphatic heterocycles. The molecule has 1 saturated heterocycles. The second-order valence-corrected chi connectivity index (χ2v) is 5.07. The van der Waals surface area contributed by atoms with E-state index in [0.29, 0.717) is 11.5 Å². The van der Waals surface area contributed by atoms with Crippen molar-refractivity contribution in [2.45, 2.75) is 12.5 Å². The summed E-state index contributed by atoms with van der Waals surface area (Å²) >= 11 is 0. The fourth-order valence-corrected chi connectivity index (χ4v) is 2.61. The molecule has 2 unspecified atom stereocenters. The maximum atomic E-state index is 12.2. The highest BCUT2D eigenvalue weighted by Gasteiger charge is 2.45. The van der Waals surface area contributed by atoms with E-state index in [-0.39, 0.29) is 17.7 Å². The number of carbonyl (C=O) groups excluding carboxylic acids is 4. The van der Waals surface area contributed by atoms with E-state index in [4.69, 9.17) is 9.57 Å². The van der Waals surface area contributed by atoms with E-state index < -0.39 is 35.8 Å². The average Bonchev–Trinajstić information content (AvgIpc) is 3.14. The van der Waals surface area contributed by atoms with Crippen LogP contribution in [0.4, 0.5) is 0 Å². The fraction of sp³-hybridized carbons (Fsp3) is 0.333. The number of carbonyl (C=O) groups is 4. The van der Waals surface area contributed by atoms with Gasteiger partial charge in [-0.1, -0.05) is 17.2 Å². The molecule has 1 fully saturated rings. The lowest BCUT2D eigenvalue weighted by molar-refractivity contribution is -0.183. The van der Waals surface area contributed by atoms with Crippen LogP contribution >= 0.6 is 0 Å². The van der Waals surface area contributed by atoms with E-state index in [1.54, 1.807) is 12.1 Å². The van der Waals surface area contributed by atoms with E-state index in [1.807, 2.05) is 0 Å². The third-order valence-electron chi connectivity index (χ3n) is 3.77. The minimum absolute atomic E-state index is 0.155. The van der Waals surface area contributed by atoms with E-state index in [1.165, 1.54) is 19.2 Å². The molecular weight excluding hydrogens is 306 g/mol. The van der Waals surface area contributed by atoms with Gasteiger partial charge in [0.05, 0.1) is 24.2 Å². The first-order valence-electron chi connectivity index (χ1n) is 6.93. The molecule has 0 spiro atoms. The topological polar surface area (TPSA) is 99.2 Å². The number of methoxy groups -OCH3 is 1. The number of rotatable bonds is 3. The van der Waals surface area contributed by atoms with Crippen LogP contribution < -0.4 is 0 Å². The van der Waals surface area contributed by atoms with Crippen molar-refractivity contribution in [3.8, 4) is 0 Å². The number of benzene rings is 1. The minimum atomic E-state index is -1.20. The fourth-order valence-electron chi connectivity index (χ4n) is 2.61. The van der Waals surface area contributed by atoms with Crippen molar-refractivity contribution in [1.82, 2.24) is 5.06 Å². The Morgan fingerprint density at radius 3 is 2.30 bits per heavy atom. The van der Waals surface area contributed by atoms with Crippen LogP contribution in [0, 0.1) is 5.92 Å². The van der Waals surface area contributed by atoms with Crippen molar-refractivity contribution in [2.24, 2.45) is 5.92 Å². The zero-order chi connectivity index (χ0) is 16.6. The highest BCUT2D eigenvalue weighted by Crippen LogP contribution is 2.26. The first-order valence-corrected chi connectivity index (χ1v) is 6.93. The SMILES string of the molecule is COC(=O)C1CCOC1C(=O)ON1C(=O)c2ccccc2C1=O. The zero-order valence-electron chi connectivity index (χ0n) is 12.2. The lowest BCUT2D eigenvalue weighted by Gasteiger charge is -2.18. The van der Waals surface area contributed by atoms with Crippen molar-refractivity contribution < 1.29 is 33.5 Å². The van der Waals surface area contributed by atoms with E-state index in [0.717, 1.165) is 0 Å². The molecule has 23 heavy (non-hydrogen) atoms. The predicted octanol–water partition coefficient (Wildman–Crippen LogP) is 0.319. The van der Waals surface area contributed by atoms with E-state index >= 15 is 0 Å². The Morgan fingerprint density at radius 2 is 1.74 bits per heavy atom. The molecule has 0 aliphatic carbocycles. The van der Waals surface area contributed by atoms with Crippen LogP contribution in [-0.4, -0.2) is 48.6 Å². The summed E-state index contributed by atoms with van der Waals surface area (Å²) in [5.74, 6) is -3.86. The molecule has 0 aromatic heterocycles. The van der Waals surface area contributed by atoms with Crippen LogP contribution in [0.2, 0.25) is 0 Å². The maximum absolute atomic E-state index is 12.2. The molecule has 2 amide bonds. The van der Waals surface area contributed by atoms with Crippen molar-refractivity contribution >= 4 is 23.8 Å². The number of fused-ring (bicyclic) bond motifs is 1. The van der Waals surface area contributed by atoms with Gasteiger partial charge in [-0.3, -0.25) is 14.4 Å². The van der Waals surface area contributed by atoms with Crippen LogP contribution in [0.25, 0.3) is 0 Å². The number of hydrogen-bond acceptors (Lipinski definition) is 7. The molecule has 0 N–H and O–H groups in total. The molecule has 8 nitrogen and oxygen atoms in total. The molecule has 1 aromatic carbocycles. The van der Waals surface area contributed by atoms with Crippen molar-refractivity contribution in [3.05, 3.63) is 35.4 Å². The third kappa shape index (κ3) is 2.46. The lowest BCUT2D eigenvalue weighted by atomic mass is 10.0. The summed E-state index contributed by atoms with van der Waals surface area (Å²) in [6.07, 6.45) is -0.902. The summed E-state index contributed by atoms with van der Waals surface area (Å²) in [5, 5.41) is 0.392. The molecule has 0 saturated carbocycles. The van der Waals surface area contributed by atoms with Crippen LogP contribution in [0.15, 0.2) is 24.3 Å². The Kier molecular flexibility index (Phi) is 3.83. The molecule has 120 valence electrons. The molecule has 8 heteroatoms. The Bertz CT molecular complexity index is 664. The quantitative estimate of drug-likeness (QED) is 0.584. The van der Waals surface area contributed by atoms with Gasteiger partial charge in [-0.25, -0.2) is 4.79 Å². The van der Waals surface area contributed by atoms with Crippen molar-refractivity contribution in [3.63, 3.8) is 0 Å². The normalized spacial score (nSPS) is 22.9. The van der Waals surface area contributed by atoms with Gasteiger partial charge in [-0.05, 0) is 18.6 Å². The molecule has 3 rings (SSSR count). The average molecular weight is 319 g/mol. The van der Waals surface area contributed by atoms with Crippen LogP contribution in [0.5, 0.6) is 0 Å². The standard InChI is InChI=1S/C15H13NO7/c1-21-14(19)10-6-7-22-11(10)15(20)23-16-12(17)8-4-2-3-5-9(8)13(16)18/h2-5,10-11H,6-7H2,1H3. The molecule has 1 aromatic rings. The summed E-state index contributed by atoms with van der Waals surface area (Å²) < 4.78 is 9.79. The summed E-state index contributed by atoms with van der Waals surface area (Å²) in [7, 11) is 1.20. The zero-order valence-corrected chi connectivity index (χ0v) is 12.2. The number of imide groups is 1. The van der Waals surface area contributed by atoms with Gasteiger partial charge in [0.25, 0.3) is 11.8 Å². The van der Waals surface area contributed by atoms with Gasteiger partial charge in [-0.2, -0.15) is 0 Å². The predicted molar refractivity (Wildman–Crippen MR) is 72.9 cm³/mol. The minimum Gasteiger partial charge on any atom is -0.469 e. The second kappa shape index (κ2) is 5.81. The van der Waals surface area contributed by atoms with Crippen LogP contribution in [-0.2, 0) is 23.9 Å². The summed E-state index contributed by atoms with van der Waals surface area (Å²) in [4.78, 5) is 52.9. The van der Waals surface area contributed by atoms with E-state index in [2.05, 4.69) is 4.74 Å². The lowest BCUT2D eigenvalue weighted by Crippen LogP contribution is -2.40. The number of nitrogens with zero attached hydrogens (tertiary/aromatic N) is 1.